The summed E-state index contributed by atoms with van der Waals surface area (Å²) < 4.78 is 0.886. The highest BCUT2D eigenvalue weighted by Crippen LogP contribution is 2.31. The molecule has 1 amide bonds. The molecule has 0 radical (unpaired) electrons. The Balaban J connectivity index is 1.98. The lowest BCUT2D eigenvalue weighted by Gasteiger charge is -2.22. The van der Waals surface area contributed by atoms with Crippen LogP contribution in [0.3, 0.4) is 0 Å². The molecule has 0 atom stereocenters. The number of halogens is 2. The molecular formula is C13H16BrClN2O. The summed E-state index contributed by atoms with van der Waals surface area (Å²) in [6.07, 6.45) is 4.44. The fourth-order valence-electron chi connectivity index (χ4n) is 2.36. The number of amides is 1. The maximum Gasteiger partial charge on any atom is 0.226 e. The van der Waals surface area contributed by atoms with Gasteiger partial charge in [-0.2, -0.15) is 0 Å². The number of hydrogen-bond acceptors (Lipinski definition) is 2. The van der Waals surface area contributed by atoms with Gasteiger partial charge < -0.3 is 11.1 Å². The van der Waals surface area contributed by atoms with Gasteiger partial charge in [-0.1, -0.05) is 40.4 Å². The Hall–Kier alpha value is -0.580. The second-order valence-electron chi connectivity index (χ2n) is 4.92. The Morgan fingerprint density at radius 3 is 2.72 bits per heavy atom. The van der Waals surface area contributed by atoms with E-state index in [0.29, 0.717) is 17.1 Å². The molecule has 0 bridgehead atoms. The molecule has 5 heteroatoms. The fraction of sp³-hybridized carbons (Fsp3) is 0.462. The molecule has 0 aliphatic heterocycles. The SMILES string of the molecule is NC1(CC(=O)Nc2ccc(Br)cc2Cl)CCCC1. The summed E-state index contributed by atoms with van der Waals surface area (Å²) in [7, 11) is 0. The minimum atomic E-state index is -0.327. The molecule has 0 spiro atoms. The average molecular weight is 332 g/mol. The Morgan fingerprint density at radius 2 is 2.11 bits per heavy atom. The van der Waals surface area contributed by atoms with Crippen molar-refractivity contribution in [2.75, 3.05) is 5.32 Å². The quantitative estimate of drug-likeness (QED) is 0.887. The zero-order chi connectivity index (χ0) is 13.2. The van der Waals surface area contributed by atoms with Gasteiger partial charge in [0.05, 0.1) is 10.7 Å². The van der Waals surface area contributed by atoms with Crippen LogP contribution in [-0.2, 0) is 4.79 Å². The first-order valence-electron chi connectivity index (χ1n) is 6.02. The molecule has 1 aromatic carbocycles. The van der Waals surface area contributed by atoms with E-state index in [1.165, 1.54) is 0 Å². The number of carbonyl (C=O) groups excluding carboxylic acids is 1. The molecule has 1 aliphatic carbocycles. The van der Waals surface area contributed by atoms with E-state index in [4.69, 9.17) is 17.3 Å². The van der Waals surface area contributed by atoms with Crippen LogP contribution in [0.5, 0.6) is 0 Å². The predicted octanol–water partition coefficient (Wildman–Crippen LogP) is 3.70. The average Bonchev–Trinajstić information content (AvgIpc) is 2.69. The van der Waals surface area contributed by atoms with Gasteiger partial charge in [-0.05, 0) is 31.0 Å². The molecule has 1 aromatic rings. The molecule has 0 saturated heterocycles. The van der Waals surface area contributed by atoms with Crippen LogP contribution in [-0.4, -0.2) is 11.4 Å². The van der Waals surface area contributed by atoms with E-state index in [0.717, 1.165) is 30.2 Å². The van der Waals surface area contributed by atoms with Crippen LogP contribution in [0.25, 0.3) is 0 Å². The Bertz CT molecular complexity index is 458. The second-order valence-corrected chi connectivity index (χ2v) is 6.24. The molecule has 18 heavy (non-hydrogen) atoms. The standard InChI is InChI=1S/C13H16BrClN2O/c14-9-3-4-11(10(15)7-9)17-12(18)8-13(16)5-1-2-6-13/h3-4,7H,1-2,5-6,8,16H2,(H,17,18). The van der Waals surface area contributed by atoms with Gasteiger partial charge >= 0.3 is 0 Å². The van der Waals surface area contributed by atoms with Gasteiger partial charge in [-0.15, -0.1) is 0 Å². The topological polar surface area (TPSA) is 55.1 Å². The first-order chi connectivity index (χ1) is 8.48. The second kappa shape index (κ2) is 5.59. The molecule has 0 unspecified atom stereocenters. The van der Waals surface area contributed by atoms with Gasteiger partial charge in [0.15, 0.2) is 0 Å². The third kappa shape index (κ3) is 3.46. The molecular weight excluding hydrogens is 316 g/mol. The van der Waals surface area contributed by atoms with Gasteiger partial charge in [-0.3, -0.25) is 4.79 Å². The van der Waals surface area contributed by atoms with E-state index in [1.807, 2.05) is 6.07 Å². The summed E-state index contributed by atoms with van der Waals surface area (Å²) in [5, 5.41) is 3.34. The number of benzene rings is 1. The summed E-state index contributed by atoms with van der Waals surface area (Å²) in [5.74, 6) is -0.0661. The highest BCUT2D eigenvalue weighted by molar-refractivity contribution is 9.10. The van der Waals surface area contributed by atoms with Gasteiger partial charge in [0.1, 0.15) is 0 Å². The van der Waals surface area contributed by atoms with Crippen LogP contribution in [0.1, 0.15) is 32.1 Å². The van der Waals surface area contributed by atoms with Crippen molar-refractivity contribution in [3.63, 3.8) is 0 Å². The van der Waals surface area contributed by atoms with E-state index >= 15 is 0 Å². The van der Waals surface area contributed by atoms with Crippen LogP contribution in [0.4, 0.5) is 5.69 Å². The first-order valence-corrected chi connectivity index (χ1v) is 7.19. The van der Waals surface area contributed by atoms with Gasteiger partial charge in [0.25, 0.3) is 0 Å². The summed E-state index contributed by atoms with van der Waals surface area (Å²) in [6, 6.07) is 5.38. The van der Waals surface area contributed by atoms with Crippen molar-refractivity contribution in [3.05, 3.63) is 27.7 Å². The largest absolute Gasteiger partial charge is 0.325 e. The molecule has 0 aromatic heterocycles. The lowest BCUT2D eigenvalue weighted by Crippen LogP contribution is -2.40. The number of nitrogens with one attached hydrogen (secondary N) is 1. The van der Waals surface area contributed by atoms with E-state index in [1.54, 1.807) is 12.1 Å². The highest BCUT2D eigenvalue weighted by Gasteiger charge is 2.31. The fourth-order valence-corrected chi connectivity index (χ4v) is 3.08. The van der Waals surface area contributed by atoms with Crippen LogP contribution >= 0.6 is 27.5 Å². The van der Waals surface area contributed by atoms with E-state index in [2.05, 4.69) is 21.2 Å². The maximum atomic E-state index is 11.9. The van der Waals surface area contributed by atoms with Crippen molar-refractivity contribution in [1.29, 1.82) is 0 Å². The number of rotatable bonds is 3. The van der Waals surface area contributed by atoms with Crippen molar-refractivity contribution in [1.82, 2.24) is 0 Å². The molecule has 3 nitrogen and oxygen atoms in total. The van der Waals surface area contributed by atoms with Crippen LogP contribution in [0.15, 0.2) is 22.7 Å². The van der Waals surface area contributed by atoms with Gasteiger partial charge in [0.2, 0.25) is 5.91 Å². The number of hydrogen-bond donors (Lipinski definition) is 2. The maximum absolute atomic E-state index is 11.9. The van der Waals surface area contributed by atoms with E-state index in [-0.39, 0.29) is 11.4 Å². The van der Waals surface area contributed by atoms with Crippen molar-refractivity contribution >= 4 is 39.1 Å². The minimum absolute atomic E-state index is 0.0661. The summed E-state index contributed by atoms with van der Waals surface area (Å²) >= 11 is 9.37. The summed E-state index contributed by atoms with van der Waals surface area (Å²) in [4.78, 5) is 11.9. The van der Waals surface area contributed by atoms with Crippen molar-refractivity contribution < 1.29 is 4.79 Å². The first kappa shape index (κ1) is 13.8. The van der Waals surface area contributed by atoms with Crippen molar-refractivity contribution in [3.8, 4) is 0 Å². The zero-order valence-corrected chi connectivity index (χ0v) is 12.4. The number of nitrogens with two attached hydrogens (primary N) is 1. The highest BCUT2D eigenvalue weighted by atomic mass is 79.9. The van der Waals surface area contributed by atoms with E-state index in [9.17, 15) is 4.79 Å². The summed E-state index contributed by atoms with van der Waals surface area (Å²) in [5.41, 5.74) is 6.48. The third-order valence-electron chi connectivity index (χ3n) is 3.32. The Kier molecular flexibility index (Phi) is 4.30. The smallest absolute Gasteiger partial charge is 0.226 e. The molecule has 3 N–H and O–H groups in total. The lowest BCUT2D eigenvalue weighted by molar-refractivity contribution is -0.117. The van der Waals surface area contributed by atoms with Crippen molar-refractivity contribution in [2.24, 2.45) is 5.73 Å². The molecule has 0 heterocycles. The van der Waals surface area contributed by atoms with Crippen LogP contribution in [0.2, 0.25) is 5.02 Å². The molecule has 2 rings (SSSR count). The lowest BCUT2D eigenvalue weighted by atomic mass is 9.94. The normalized spacial score (nSPS) is 17.7. The van der Waals surface area contributed by atoms with Crippen molar-refractivity contribution in [2.45, 2.75) is 37.6 Å². The summed E-state index contributed by atoms with van der Waals surface area (Å²) in [6.45, 7) is 0. The van der Waals surface area contributed by atoms with E-state index < -0.39 is 0 Å². The Labute approximate surface area is 120 Å². The minimum Gasteiger partial charge on any atom is -0.325 e. The molecule has 1 aliphatic rings. The number of carbonyl (C=O) groups is 1. The predicted molar refractivity (Wildman–Crippen MR) is 77.8 cm³/mol. The Morgan fingerprint density at radius 1 is 1.44 bits per heavy atom. The zero-order valence-electron chi connectivity index (χ0n) is 10.0. The monoisotopic (exact) mass is 330 g/mol. The van der Waals surface area contributed by atoms with Gasteiger partial charge in [0, 0.05) is 16.4 Å². The van der Waals surface area contributed by atoms with Gasteiger partial charge in [-0.25, -0.2) is 0 Å². The molecule has 1 saturated carbocycles. The number of anilines is 1. The van der Waals surface area contributed by atoms with Crippen LogP contribution in [0, 0.1) is 0 Å². The third-order valence-corrected chi connectivity index (χ3v) is 4.12. The van der Waals surface area contributed by atoms with Crippen LogP contribution < -0.4 is 11.1 Å². The molecule has 98 valence electrons. The molecule has 1 fully saturated rings.